The molecule has 14 atom stereocenters. The topological polar surface area (TPSA) is 99.4 Å². The van der Waals surface area contributed by atoms with Gasteiger partial charge < -0.3 is 29.9 Å². The standard InChI is InChI=1S/C27H44O6/c1-14-24-23(33-27(14)7-4-15(12-28)13-32-27)10-18-16-8-20(29)19-9-21(30)22(31)11-26(19,3)17(16)5-6-25(18,24)2/h14-24,28-31H,4-13H2,1-3H3/t14?,15-,16?,17?,18?,19+,20+,21+,22+,23?,24?,25-,26+,27+/m0/s1. The third-order valence-corrected chi connectivity index (χ3v) is 12.1. The van der Waals surface area contributed by atoms with Crippen LogP contribution in [0.4, 0.5) is 0 Å². The van der Waals surface area contributed by atoms with Crippen LogP contribution in [0.1, 0.15) is 72.1 Å². The van der Waals surface area contributed by atoms with Gasteiger partial charge in [-0.3, -0.25) is 0 Å². The normalized spacial score (nSPS) is 62.5. The van der Waals surface area contributed by atoms with Gasteiger partial charge in [-0.25, -0.2) is 0 Å². The Hall–Kier alpha value is -0.240. The molecular formula is C27H44O6. The van der Waals surface area contributed by atoms with E-state index in [9.17, 15) is 20.4 Å². The molecule has 6 fully saturated rings. The Morgan fingerprint density at radius 1 is 0.848 bits per heavy atom. The van der Waals surface area contributed by atoms with Gasteiger partial charge in [0.1, 0.15) is 0 Å². The van der Waals surface area contributed by atoms with Crippen molar-refractivity contribution < 1.29 is 29.9 Å². The van der Waals surface area contributed by atoms with Crippen LogP contribution in [0.2, 0.25) is 0 Å². The fourth-order valence-electron chi connectivity index (χ4n) is 10.4. The van der Waals surface area contributed by atoms with Crippen molar-refractivity contribution in [2.24, 2.45) is 52.3 Å². The van der Waals surface area contributed by atoms with E-state index in [2.05, 4.69) is 20.8 Å². The molecule has 6 rings (SSSR count). The van der Waals surface area contributed by atoms with Gasteiger partial charge in [0.2, 0.25) is 0 Å². The average molecular weight is 465 g/mol. The Morgan fingerprint density at radius 2 is 1.64 bits per heavy atom. The summed E-state index contributed by atoms with van der Waals surface area (Å²) in [5.74, 6) is 2.09. The highest BCUT2D eigenvalue weighted by Gasteiger charge is 2.70. The van der Waals surface area contributed by atoms with Crippen molar-refractivity contribution in [1.82, 2.24) is 0 Å². The predicted octanol–water partition coefficient (Wildman–Crippen LogP) is 2.71. The number of aliphatic hydroxyl groups is 4. The van der Waals surface area contributed by atoms with Gasteiger partial charge in [0.15, 0.2) is 5.79 Å². The van der Waals surface area contributed by atoms with Crippen LogP contribution in [0.3, 0.4) is 0 Å². The third-order valence-electron chi connectivity index (χ3n) is 12.1. The zero-order valence-electron chi connectivity index (χ0n) is 20.5. The molecule has 6 aliphatic rings. The molecule has 6 nitrogen and oxygen atoms in total. The molecule has 33 heavy (non-hydrogen) atoms. The fraction of sp³-hybridized carbons (Fsp3) is 1.00. The summed E-state index contributed by atoms with van der Waals surface area (Å²) in [7, 11) is 0. The number of hydrogen-bond donors (Lipinski definition) is 4. The highest BCUT2D eigenvalue weighted by Crippen LogP contribution is 2.71. The number of ether oxygens (including phenoxy) is 2. The van der Waals surface area contributed by atoms with Gasteiger partial charge in [-0.1, -0.05) is 20.8 Å². The van der Waals surface area contributed by atoms with E-state index in [4.69, 9.17) is 9.47 Å². The van der Waals surface area contributed by atoms with Crippen LogP contribution in [0.25, 0.3) is 0 Å². The number of rotatable bonds is 1. The molecule has 1 spiro atoms. The third kappa shape index (κ3) is 3.07. The van der Waals surface area contributed by atoms with E-state index in [1.807, 2.05) is 0 Å². The summed E-state index contributed by atoms with van der Waals surface area (Å²) in [6.45, 7) is 7.87. The first-order chi connectivity index (χ1) is 15.6. The lowest BCUT2D eigenvalue weighted by molar-refractivity contribution is -0.276. The number of fused-ring (bicyclic) bond motifs is 7. The van der Waals surface area contributed by atoms with Gasteiger partial charge in [0, 0.05) is 24.9 Å². The molecule has 4 N–H and O–H groups in total. The molecule has 6 unspecified atom stereocenters. The van der Waals surface area contributed by atoms with Crippen LogP contribution in [0, 0.1) is 52.3 Å². The Morgan fingerprint density at radius 3 is 2.33 bits per heavy atom. The lowest BCUT2D eigenvalue weighted by atomic mass is 9.43. The maximum Gasteiger partial charge on any atom is 0.171 e. The molecule has 0 aromatic carbocycles. The van der Waals surface area contributed by atoms with Crippen molar-refractivity contribution in [1.29, 1.82) is 0 Å². The maximum absolute atomic E-state index is 11.3. The Kier molecular flexibility index (Phi) is 5.36. The molecule has 4 saturated carbocycles. The molecule has 6 heteroatoms. The van der Waals surface area contributed by atoms with Crippen molar-refractivity contribution in [2.75, 3.05) is 13.2 Å². The summed E-state index contributed by atoms with van der Waals surface area (Å²) in [6, 6.07) is 0. The van der Waals surface area contributed by atoms with E-state index in [-0.39, 0.29) is 35.4 Å². The van der Waals surface area contributed by atoms with E-state index in [0.717, 1.165) is 32.1 Å². The van der Waals surface area contributed by atoms with Crippen LogP contribution in [0.15, 0.2) is 0 Å². The molecule has 0 amide bonds. The summed E-state index contributed by atoms with van der Waals surface area (Å²) in [5.41, 5.74) is 0.0706. The van der Waals surface area contributed by atoms with Gasteiger partial charge in [-0.05, 0) is 85.4 Å². The zero-order chi connectivity index (χ0) is 23.3. The van der Waals surface area contributed by atoms with Gasteiger partial charge in [-0.15, -0.1) is 0 Å². The van der Waals surface area contributed by atoms with E-state index in [0.29, 0.717) is 49.0 Å². The monoisotopic (exact) mass is 464 g/mol. The van der Waals surface area contributed by atoms with E-state index in [1.165, 1.54) is 6.42 Å². The second-order valence-corrected chi connectivity index (χ2v) is 13.3. The zero-order valence-corrected chi connectivity index (χ0v) is 20.5. The van der Waals surface area contributed by atoms with Crippen molar-refractivity contribution in [3.8, 4) is 0 Å². The van der Waals surface area contributed by atoms with E-state index in [1.54, 1.807) is 0 Å². The number of aliphatic hydroxyl groups excluding tert-OH is 4. The Labute approximate surface area is 198 Å². The molecule has 0 aromatic rings. The molecule has 2 saturated heterocycles. The summed E-state index contributed by atoms with van der Waals surface area (Å²) in [4.78, 5) is 0. The SMILES string of the molecule is CC1C2C(CC3C4C[C@@H](O)[C@H]5C[C@@H](O)[C@H](O)C[C@]5(C)C4CC[C@@]32C)O[C@]12CC[C@@H](CO)CO2. The number of hydrogen-bond acceptors (Lipinski definition) is 6. The summed E-state index contributed by atoms with van der Waals surface area (Å²) in [6.07, 6.45) is 5.54. The largest absolute Gasteiger partial charge is 0.396 e. The quantitative estimate of drug-likeness (QED) is 0.476. The lowest BCUT2D eigenvalue weighted by Gasteiger charge is -2.62. The van der Waals surface area contributed by atoms with Crippen molar-refractivity contribution in [3.05, 3.63) is 0 Å². The summed E-state index contributed by atoms with van der Waals surface area (Å²) >= 11 is 0. The van der Waals surface area contributed by atoms with Crippen molar-refractivity contribution in [2.45, 2.75) is 102 Å². The maximum atomic E-state index is 11.3. The average Bonchev–Trinajstić information content (AvgIpc) is 3.21. The van der Waals surface area contributed by atoms with E-state index >= 15 is 0 Å². The van der Waals surface area contributed by atoms with Gasteiger partial charge in [0.25, 0.3) is 0 Å². The molecule has 4 aliphatic carbocycles. The molecule has 188 valence electrons. The van der Waals surface area contributed by atoms with Crippen molar-refractivity contribution in [3.63, 3.8) is 0 Å². The van der Waals surface area contributed by atoms with E-state index < -0.39 is 24.1 Å². The highest BCUT2D eigenvalue weighted by molar-refractivity contribution is 5.16. The fourth-order valence-corrected chi connectivity index (χ4v) is 10.4. The minimum absolute atomic E-state index is 0.0796. The minimum atomic E-state index is -0.708. The molecule has 0 bridgehead atoms. The van der Waals surface area contributed by atoms with Crippen LogP contribution in [-0.4, -0.2) is 63.8 Å². The van der Waals surface area contributed by atoms with Crippen LogP contribution in [-0.2, 0) is 9.47 Å². The second-order valence-electron chi connectivity index (χ2n) is 13.3. The smallest absolute Gasteiger partial charge is 0.171 e. The van der Waals surface area contributed by atoms with Crippen LogP contribution in [0.5, 0.6) is 0 Å². The minimum Gasteiger partial charge on any atom is -0.396 e. The molecule has 2 aliphatic heterocycles. The molecular weight excluding hydrogens is 420 g/mol. The van der Waals surface area contributed by atoms with Gasteiger partial charge in [0.05, 0.1) is 31.0 Å². The summed E-state index contributed by atoms with van der Waals surface area (Å²) in [5, 5.41) is 41.7. The van der Waals surface area contributed by atoms with Gasteiger partial charge in [-0.2, -0.15) is 0 Å². The second kappa shape index (κ2) is 7.63. The van der Waals surface area contributed by atoms with Crippen molar-refractivity contribution >= 4 is 0 Å². The first kappa shape index (κ1) is 23.2. The summed E-state index contributed by atoms with van der Waals surface area (Å²) < 4.78 is 13.2. The highest BCUT2D eigenvalue weighted by atomic mass is 16.7. The lowest BCUT2D eigenvalue weighted by Crippen LogP contribution is -2.61. The molecule has 2 heterocycles. The Bertz CT molecular complexity index is 766. The molecule has 0 aromatic heterocycles. The molecule has 0 radical (unpaired) electrons. The van der Waals surface area contributed by atoms with Gasteiger partial charge >= 0.3 is 0 Å². The van der Waals surface area contributed by atoms with Crippen LogP contribution >= 0.6 is 0 Å². The first-order valence-corrected chi connectivity index (χ1v) is 13.6. The van der Waals surface area contributed by atoms with Crippen LogP contribution < -0.4 is 0 Å². The predicted molar refractivity (Wildman–Crippen MR) is 122 cm³/mol. The first-order valence-electron chi connectivity index (χ1n) is 13.6. The Balaban J connectivity index is 1.26.